The van der Waals surface area contributed by atoms with Gasteiger partial charge in [0.05, 0.1) is 6.10 Å². The van der Waals surface area contributed by atoms with E-state index >= 15 is 0 Å². The van der Waals surface area contributed by atoms with Crippen LogP contribution in [0.3, 0.4) is 0 Å². The van der Waals surface area contributed by atoms with Crippen molar-refractivity contribution in [1.29, 1.82) is 0 Å². The summed E-state index contributed by atoms with van der Waals surface area (Å²) in [5.41, 5.74) is 0. The summed E-state index contributed by atoms with van der Waals surface area (Å²) in [5.74, 6) is 1.01. The lowest BCUT2D eigenvalue weighted by Crippen LogP contribution is -2.18. The molecule has 0 aliphatic heterocycles. The largest absolute Gasteiger partial charge is 0.461 e. The van der Waals surface area contributed by atoms with Gasteiger partial charge < -0.3 is 20.5 Å². The molecule has 1 unspecified atom stereocenters. The van der Waals surface area contributed by atoms with Gasteiger partial charge in [-0.25, -0.2) is 0 Å². The van der Waals surface area contributed by atoms with Crippen LogP contribution in [0.25, 0.3) is 0 Å². The molecule has 1 heterocycles. The summed E-state index contributed by atoms with van der Waals surface area (Å²) >= 11 is 0. The van der Waals surface area contributed by atoms with Crippen molar-refractivity contribution in [1.82, 2.24) is 15.0 Å². The van der Waals surface area contributed by atoms with Gasteiger partial charge in [-0.15, -0.1) is 0 Å². The maximum Gasteiger partial charge on any atom is 0.323 e. The highest BCUT2D eigenvalue weighted by Crippen LogP contribution is 2.12. The molecule has 7 heteroatoms. The second kappa shape index (κ2) is 6.95. The zero-order valence-electron chi connectivity index (χ0n) is 11.3. The maximum absolute atomic E-state index is 8.96. The number of aliphatic hydroxyl groups is 1. The van der Waals surface area contributed by atoms with E-state index in [1.54, 1.807) is 7.05 Å². The Morgan fingerprint density at radius 3 is 2.39 bits per heavy atom. The molecule has 0 saturated carbocycles. The topological polar surface area (TPSA) is 92.2 Å². The Hall–Kier alpha value is -1.63. The molecule has 1 aromatic heterocycles. The Morgan fingerprint density at radius 1 is 1.17 bits per heavy atom. The molecule has 0 saturated heterocycles. The number of nitrogens with one attached hydrogen (secondary N) is 2. The normalized spacial score (nSPS) is 12.3. The highest BCUT2D eigenvalue weighted by molar-refractivity contribution is 5.35. The SMILES string of the molecule is CNc1nc(NCC(C)CO)nc(OC(C)C)n1. The summed E-state index contributed by atoms with van der Waals surface area (Å²) in [6.45, 7) is 6.45. The molecule has 0 bridgehead atoms. The van der Waals surface area contributed by atoms with Crippen LogP contribution in [0.15, 0.2) is 0 Å². The van der Waals surface area contributed by atoms with E-state index in [9.17, 15) is 0 Å². The minimum Gasteiger partial charge on any atom is -0.461 e. The number of ether oxygens (including phenoxy) is 1. The zero-order valence-corrected chi connectivity index (χ0v) is 11.3. The van der Waals surface area contributed by atoms with Gasteiger partial charge in [-0.2, -0.15) is 15.0 Å². The number of hydrogen-bond acceptors (Lipinski definition) is 7. The summed E-state index contributed by atoms with van der Waals surface area (Å²) < 4.78 is 5.44. The fourth-order valence-corrected chi connectivity index (χ4v) is 1.14. The van der Waals surface area contributed by atoms with Crippen LogP contribution in [0.2, 0.25) is 0 Å². The van der Waals surface area contributed by atoms with Gasteiger partial charge in [-0.1, -0.05) is 6.92 Å². The van der Waals surface area contributed by atoms with E-state index in [0.29, 0.717) is 18.4 Å². The highest BCUT2D eigenvalue weighted by atomic mass is 16.5. The molecule has 0 fully saturated rings. The van der Waals surface area contributed by atoms with Crippen LogP contribution in [-0.2, 0) is 0 Å². The molecule has 102 valence electrons. The van der Waals surface area contributed by atoms with E-state index in [1.165, 1.54) is 0 Å². The molecule has 0 aliphatic rings. The third-order valence-electron chi connectivity index (χ3n) is 2.10. The smallest absolute Gasteiger partial charge is 0.323 e. The van der Waals surface area contributed by atoms with E-state index in [1.807, 2.05) is 20.8 Å². The standard InChI is InChI=1S/C11H21N5O2/c1-7(2)18-11-15-9(12-4)14-10(16-11)13-5-8(3)6-17/h7-8,17H,5-6H2,1-4H3,(H2,12,13,14,15,16). The Kier molecular flexibility index (Phi) is 5.57. The van der Waals surface area contributed by atoms with Crippen molar-refractivity contribution in [2.45, 2.75) is 26.9 Å². The van der Waals surface area contributed by atoms with Crippen molar-refractivity contribution in [3.63, 3.8) is 0 Å². The van der Waals surface area contributed by atoms with Gasteiger partial charge in [-0.3, -0.25) is 0 Å². The zero-order chi connectivity index (χ0) is 13.5. The first kappa shape index (κ1) is 14.4. The second-order valence-electron chi connectivity index (χ2n) is 4.35. The van der Waals surface area contributed by atoms with Crippen LogP contribution < -0.4 is 15.4 Å². The first-order valence-electron chi connectivity index (χ1n) is 6.00. The molecule has 18 heavy (non-hydrogen) atoms. The molecule has 0 spiro atoms. The van der Waals surface area contributed by atoms with Gasteiger partial charge in [0.1, 0.15) is 0 Å². The quantitative estimate of drug-likeness (QED) is 0.661. The minimum absolute atomic E-state index is 0.00122. The number of aromatic nitrogens is 3. The summed E-state index contributed by atoms with van der Waals surface area (Å²) in [6.07, 6.45) is 0.00122. The third-order valence-corrected chi connectivity index (χ3v) is 2.10. The Balaban J connectivity index is 2.76. The maximum atomic E-state index is 8.96. The molecule has 0 aromatic carbocycles. The van der Waals surface area contributed by atoms with E-state index in [4.69, 9.17) is 9.84 Å². The average Bonchev–Trinajstić information content (AvgIpc) is 2.34. The molecule has 3 N–H and O–H groups in total. The van der Waals surface area contributed by atoms with Crippen molar-refractivity contribution in [2.75, 3.05) is 30.8 Å². The van der Waals surface area contributed by atoms with Crippen molar-refractivity contribution < 1.29 is 9.84 Å². The Morgan fingerprint density at radius 2 is 1.83 bits per heavy atom. The van der Waals surface area contributed by atoms with Crippen molar-refractivity contribution in [3.05, 3.63) is 0 Å². The lowest BCUT2D eigenvalue weighted by Gasteiger charge is -2.12. The predicted octanol–water partition coefficient (Wildman–Crippen LogP) is 0.741. The number of aliphatic hydroxyl groups excluding tert-OH is 1. The molecule has 0 radical (unpaired) electrons. The number of anilines is 2. The van der Waals surface area contributed by atoms with Crippen LogP contribution in [0.1, 0.15) is 20.8 Å². The Bertz CT molecular complexity index is 372. The van der Waals surface area contributed by atoms with Gasteiger partial charge in [-0.05, 0) is 19.8 Å². The summed E-state index contributed by atoms with van der Waals surface area (Å²) in [4.78, 5) is 12.4. The molecular weight excluding hydrogens is 234 g/mol. The molecule has 1 aromatic rings. The molecule has 0 amide bonds. The number of rotatable bonds is 7. The number of hydrogen-bond donors (Lipinski definition) is 3. The average molecular weight is 255 g/mol. The molecule has 7 nitrogen and oxygen atoms in total. The van der Waals surface area contributed by atoms with E-state index < -0.39 is 0 Å². The fraction of sp³-hybridized carbons (Fsp3) is 0.727. The molecule has 1 rings (SSSR count). The van der Waals surface area contributed by atoms with Gasteiger partial charge in [0, 0.05) is 20.2 Å². The van der Waals surface area contributed by atoms with Crippen LogP contribution in [0.4, 0.5) is 11.9 Å². The van der Waals surface area contributed by atoms with Crippen LogP contribution >= 0.6 is 0 Å². The lowest BCUT2D eigenvalue weighted by atomic mass is 10.2. The fourth-order valence-electron chi connectivity index (χ4n) is 1.14. The van der Waals surface area contributed by atoms with Crippen molar-refractivity contribution in [2.24, 2.45) is 5.92 Å². The summed E-state index contributed by atoms with van der Waals surface area (Å²) in [6, 6.07) is 0.281. The molecular formula is C11H21N5O2. The third kappa shape index (κ3) is 4.70. The summed E-state index contributed by atoms with van der Waals surface area (Å²) in [5, 5.41) is 14.8. The first-order valence-corrected chi connectivity index (χ1v) is 6.00. The van der Waals surface area contributed by atoms with E-state index in [0.717, 1.165) is 0 Å². The minimum atomic E-state index is 0.00122. The second-order valence-corrected chi connectivity index (χ2v) is 4.35. The number of nitrogens with zero attached hydrogens (tertiary/aromatic N) is 3. The van der Waals surface area contributed by atoms with Gasteiger partial charge in [0.25, 0.3) is 0 Å². The first-order chi connectivity index (χ1) is 8.55. The van der Waals surface area contributed by atoms with Crippen LogP contribution in [0.5, 0.6) is 6.01 Å². The Labute approximate surface area is 107 Å². The van der Waals surface area contributed by atoms with Crippen molar-refractivity contribution in [3.8, 4) is 6.01 Å². The van der Waals surface area contributed by atoms with Gasteiger partial charge in [0.2, 0.25) is 11.9 Å². The molecule has 1 atom stereocenters. The van der Waals surface area contributed by atoms with E-state index in [2.05, 4.69) is 25.6 Å². The van der Waals surface area contributed by atoms with Crippen LogP contribution in [-0.4, -0.2) is 46.4 Å². The monoisotopic (exact) mass is 255 g/mol. The van der Waals surface area contributed by atoms with Gasteiger partial charge >= 0.3 is 6.01 Å². The molecule has 0 aliphatic carbocycles. The predicted molar refractivity (Wildman–Crippen MR) is 69.9 cm³/mol. The van der Waals surface area contributed by atoms with E-state index in [-0.39, 0.29) is 24.6 Å². The van der Waals surface area contributed by atoms with Crippen LogP contribution in [0, 0.1) is 5.92 Å². The lowest BCUT2D eigenvalue weighted by molar-refractivity contribution is 0.222. The summed E-state index contributed by atoms with van der Waals surface area (Å²) in [7, 11) is 1.73. The highest BCUT2D eigenvalue weighted by Gasteiger charge is 2.09. The van der Waals surface area contributed by atoms with Gasteiger partial charge in [0.15, 0.2) is 0 Å². The van der Waals surface area contributed by atoms with Crippen molar-refractivity contribution >= 4 is 11.9 Å².